The van der Waals surface area contributed by atoms with Crippen molar-refractivity contribution in [2.45, 2.75) is 0 Å². The molecule has 0 N–H and O–H groups in total. The molecule has 0 saturated carbocycles. The molecule has 1 aromatic rings. The van der Waals surface area contributed by atoms with Gasteiger partial charge in [0.2, 0.25) is 0 Å². The van der Waals surface area contributed by atoms with Gasteiger partial charge in [-0.25, -0.2) is 14.2 Å². The van der Waals surface area contributed by atoms with Gasteiger partial charge < -0.3 is 9.47 Å². The molecule has 1 aromatic heterocycles. The summed E-state index contributed by atoms with van der Waals surface area (Å²) in [6.07, 6.45) is 1.33. The van der Waals surface area contributed by atoms with Gasteiger partial charge in [-0.2, -0.15) is 0 Å². The molecule has 86 valence electrons. The third-order valence-corrected chi connectivity index (χ3v) is 2.21. The van der Waals surface area contributed by atoms with Gasteiger partial charge in [0.1, 0.15) is 17.0 Å². The smallest absolute Gasteiger partial charge is 0.339 e. The second-order valence-electron chi connectivity index (χ2n) is 2.81. The molecule has 1 rings (SSSR count). The highest BCUT2D eigenvalue weighted by Crippen LogP contribution is 2.24. The molecular weight excluding hydrogens is 281 g/mol. The van der Waals surface area contributed by atoms with Gasteiger partial charge in [-0.1, -0.05) is 6.58 Å². The predicted molar refractivity (Wildman–Crippen MR) is 59.0 cm³/mol. The molecular formula is C10H9BrFNO3. The Morgan fingerprint density at radius 2 is 2.38 bits per heavy atom. The van der Waals surface area contributed by atoms with E-state index in [1.807, 2.05) is 0 Å². The molecule has 0 bridgehead atoms. The number of carbonyl (C=O) groups excluding carboxylic acids is 1. The van der Waals surface area contributed by atoms with Crippen molar-refractivity contribution in [2.75, 3.05) is 13.7 Å². The standard InChI is InChI=1S/C10H9BrFNO3/c1-6(12)5-16-8-3-7(10(14)15-2)4-13-9(8)11/h3-4H,1,5H2,2H3. The molecule has 16 heavy (non-hydrogen) atoms. The van der Waals surface area contributed by atoms with Crippen LogP contribution in [-0.2, 0) is 4.74 Å². The van der Waals surface area contributed by atoms with Crippen LogP contribution in [0, 0.1) is 0 Å². The first-order valence-corrected chi connectivity index (χ1v) is 5.04. The Bertz CT molecular complexity index is 423. The number of hydrogen-bond donors (Lipinski definition) is 0. The third-order valence-electron chi connectivity index (χ3n) is 1.61. The van der Waals surface area contributed by atoms with Gasteiger partial charge in [-0.15, -0.1) is 0 Å². The minimum atomic E-state index is -0.615. The van der Waals surface area contributed by atoms with E-state index in [0.717, 1.165) is 0 Å². The van der Waals surface area contributed by atoms with Crippen molar-refractivity contribution in [3.8, 4) is 5.75 Å². The third kappa shape index (κ3) is 3.30. The van der Waals surface area contributed by atoms with Gasteiger partial charge in [0, 0.05) is 6.20 Å². The molecule has 0 aromatic carbocycles. The summed E-state index contributed by atoms with van der Waals surface area (Å²) in [7, 11) is 1.26. The van der Waals surface area contributed by atoms with Crippen LogP contribution in [0.3, 0.4) is 0 Å². The van der Waals surface area contributed by atoms with E-state index in [1.54, 1.807) is 0 Å². The zero-order valence-electron chi connectivity index (χ0n) is 8.50. The summed E-state index contributed by atoms with van der Waals surface area (Å²) >= 11 is 3.11. The number of carbonyl (C=O) groups is 1. The fourth-order valence-electron chi connectivity index (χ4n) is 0.915. The lowest BCUT2D eigenvalue weighted by atomic mass is 10.3. The Kier molecular flexibility index (Phi) is 4.42. The molecule has 0 atom stereocenters. The average molecular weight is 290 g/mol. The molecule has 0 aliphatic carbocycles. The van der Waals surface area contributed by atoms with Crippen molar-refractivity contribution in [1.82, 2.24) is 4.98 Å². The molecule has 6 heteroatoms. The van der Waals surface area contributed by atoms with E-state index in [2.05, 4.69) is 32.2 Å². The van der Waals surface area contributed by atoms with Crippen LogP contribution in [0.15, 0.2) is 29.3 Å². The summed E-state index contributed by atoms with van der Waals surface area (Å²) in [6, 6.07) is 1.41. The van der Waals surface area contributed by atoms with Crippen LogP contribution in [0.4, 0.5) is 4.39 Å². The zero-order chi connectivity index (χ0) is 12.1. The fourth-order valence-corrected chi connectivity index (χ4v) is 1.25. The molecule has 0 unspecified atom stereocenters. The molecule has 0 fully saturated rings. The Hall–Kier alpha value is -1.43. The van der Waals surface area contributed by atoms with E-state index in [1.165, 1.54) is 19.4 Å². The van der Waals surface area contributed by atoms with Crippen molar-refractivity contribution in [1.29, 1.82) is 0 Å². The van der Waals surface area contributed by atoms with Crippen LogP contribution in [-0.4, -0.2) is 24.7 Å². The number of aromatic nitrogens is 1. The lowest BCUT2D eigenvalue weighted by Gasteiger charge is -2.07. The van der Waals surface area contributed by atoms with Crippen molar-refractivity contribution in [2.24, 2.45) is 0 Å². The van der Waals surface area contributed by atoms with Gasteiger partial charge in [-0.3, -0.25) is 0 Å². The minimum absolute atomic E-state index is 0.227. The number of nitrogens with zero attached hydrogens (tertiary/aromatic N) is 1. The molecule has 0 radical (unpaired) electrons. The molecule has 0 spiro atoms. The first kappa shape index (κ1) is 12.6. The van der Waals surface area contributed by atoms with Crippen molar-refractivity contribution < 1.29 is 18.7 Å². The lowest BCUT2D eigenvalue weighted by molar-refractivity contribution is 0.0599. The first-order valence-electron chi connectivity index (χ1n) is 4.24. The Morgan fingerprint density at radius 3 is 2.94 bits per heavy atom. The average Bonchev–Trinajstić information content (AvgIpc) is 2.26. The Morgan fingerprint density at radius 1 is 1.69 bits per heavy atom. The monoisotopic (exact) mass is 289 g/mol. The topological polar surface area (TPSA) is 48.4 Å². The van der Waals surface area contributed by atoms with Crippen molar-refractivity contribution in [3.05, 3.63) is 34.8 Å². The molecule has 0 aliphatic rings. The molecule has 0 amide bonds. The van der Waals surface area contributed by atoms with E-state index in [0.29, 0.717) is 4.60 Å². The summed E-state index contributed by atoms with van der Waals surface area (Å²) in [5, 5.41) is 0. The maximum Gasteiger partial charge on any atom is 0.339 e. The lowest BCUT2D eigenvalue weighted by Crippen LogP contribution is -2.04. The number of esters is 1. The summed E-state index contributed by atoms with van der Waals surface area (Å²) in [5.41, 5.74) is 0.227. The summed E-state index contributed by atoms with van der Waals surface area (Å²) in [6.45, 7) is 2.77. The largest absolute Gasteiger partial charge is 0.484 e. The van der Waals surface area contributed by atoms with Crippen LogP contribution in [0.1, 0.15) is 10.4 Å². The summed E-state index contributed by atoms with van der Waals surface area (Å²) in [5.74, 6) is -0.902. The number of halogens is 2. The number of hydrogen-bond acceptors (Lipinski definition) is 4. The van der Waals surface area contributed by atoms with Gasteiger partial charge in [0.15, 0.2) is 5.75 Å². The number of methoxy groups -OCH3 is 1. The van der Waals surface area contributed by atoms with Crippen molar-refractivity contribution >= 4 is 21.9 Å². The van der Waals surface area contributed by atoms with Gasteiger partial charge in [0.05, 0.1) is 12.7 Å². The van der Waals surface area contributed by atoms with Gasteiger partial charge in [0.25, 0.3) is 0 Å². The second kappa shape index (κ2) is 5.60. The first-order chi connectivity index (χ1) is 7.54. The SMILES string of the molecule is C=C(F)COc1cc(C(=O)OC)cnc1Br. The minimum Gasteiger partial charge on any atom is -0.484 e. The highest BCUT2D eigenvalue weighted by Gasteiger charge is 2.11. The molecule has 4 nitrogen and oxygen atoms in total. The Balaban J connectivity index is 2.90. The van der Waals surface area contributed by atoms with Crippen molar-refractivity contribution in [3.63, 3.8) is 0 Å². The number of ether oxygens (including phenoxy) is 2. The predicted octanol–water partition coefficient (Wildman–Crippen LogP) is 2.49. The zero-order valence-corrected chi connectivity index (χ0v) is 10.1. The quantitative estimate of drug-likeness (QED) is 0.631. The highest BCUT2D eigenvalue weighted by atomic mass is 79.9. The van der Waals surface area contributed by atoms with E-state index in [4.69, 9.17) is 4.74 Å². The van der Waals surface area contributed by atoms with Crippen LogP contribution >= 0.6 is 15.9 Å². The van der Waals surface area contributed by atoms with Crippen LogP contribution in [0.5, 0.6) is 5.75 Å². The van der Waals surface area contributed by atoms with Gasteiger partial charge in [-0.05, 0) is 22.0 Å². The highest BCUT2D eigenvalue weighted by molar-refractivity contribution is 9.10. The van der Waals surface area contributed by atoms with Crippen LogP contribution in [0.2, 0.25) is 0 Å². The number of rotatable bonds is 4. The van der Waals surface area contributed by atoms with Crippen LogP contribution in [0.25, 0.3) is 0 Å². The maximum atomic E-state index is 12.4. The second-order valence-corrected chi connectivity index (χ2v) is 3.56. The normalized spacial score (nSPS) is 9.69. The fraction of sp³-hybridized carbons (Fsp3) is 0.200. The Labute approximate surface area is 100 Å². The molecule has 0 saturated heterocycles. The maximum absolute atomic E-state index is 12.4. The molecule has 0 aliphatic heterocycles. The summed E-state index contributed by atoms with van der Waals surface area (Å²) in [4.78, 5) is 15.1. The van der Waals surface area contributed by atoms with E-state index < -0.39 is 11.8 Å². The van der Waals surface area contributed by atoms with Gasteiger partial charge >= 0.3 is 5.97 Å². The van der Waals surface area contributed by atoms with E-state index >= 15 is 0 Å². The van der Waals surface area contributed by atoms with E-state index in [9.17, 15) is 9.18 Å². The number of pyridine rings is 1. The van der Waals surface area contributed by atoms with Crippen LogP contribution < -0.4 is 4.74 Å². The summed E-state index contributed by atoms with van der Waals surface area (Å²) < 4.78 is 22.3. The van der Waals surface area contributed by atoms with E-state index in [-0.39, 0.29) is 17.9 Å². The molecule has 1 heterocycles.